The van der Waals surface area contributed by atoms with E-state index in [-0.39, 0.29) is 17.8 Å². The lowest BCUT2D eigenvalue weighted by atomic mass is 10.0. The number of carbonyl (C=O) groups is 1. The number of hydrogen-bond donors (Lipinski definition) is 2. The van der Waals surface area contributed by atoms with Gasteiger partial charge in [-0.3, -0.25) is 9.89 Å². The van der Waals surface area contributed by atoms with E-state index in [2.05, 4.69) is 27.5 Å². The number of nitrogens with one attached hydrogen (secondary N) is 2. The van der Waals surface area contributed by atoms with Crippen LogP contribution in [0.5, 0.6) is 5.75 Å². The van der Waals surface area contributed by atoms with Gasteiger partial charge in [-0.15, -0.1) is 0 Å². The second-order valence-electron chi connectivity index (χ2n) is 9.19. The van der Waals surface area contributed by atoms with E-state index >= 15 is 0 Å². The molecule has 1 aromatic heterocycles. The van der Waals surface area contributed by atoms with Gasteiger partial charge >= 0.3 is 0 Å². The second kappa shape index (κ2) is 9.88. The molecule has 0 aliphatic carbocycles. The van der Waals surface area contributed by atoms with Crippen molar-refractivity contribution in [2.45, 2.75) is 31.9 Å². The summed E-state index contributed by atoms with van der Waals surface area (Å²) >= 11 is 0. The molecule has 6 nitrogen and oxygen atoms in total. The van der Waals surface area contributed by atoms with Crippen LogP contribution >= 0.6 is 0 Å². The maximum atomic E-state index is 14.1. The predicted molar refractivity (Wildman–Crippen MR) is 135 cm³/mol. The Labute approximate surface area is 204 Å². The van der Waals surface area contributed by atoms with Crippen molar-refractivity contribution in [1.29, 1.82) is 0 Å². The summed E-state index contributed by atoms with van der Waals surface area (Å²) < 4.78 is 20.3. The highest BCUT2D eigenvalue weighted by Gasteiger charge is 2.19. The number of halogens is 1. The molecule has 1 atom stereocenters. The smallest absolute Gasteiger partial charge is 0.251 e. The number of aromatic nitrogens is 2. The lowest BCUT2D eigenvalue weighted by Crippen LogP contribution is -2.35. The maximum absolute atomic E-state index is 14.1. The molecule has 1 saturated heterocycles. The molecule has 1 fully saturated rings. The zero-order chi connectivity index (χ0) is 24.4. The van der Waals surface area contributed by atoms with Gasteiger partial charge < -0.3 is 15.0 Å². The lowest BCUT2D eigenvalue weighted by molar-refractivity contribution is 0.0939. The van der Waals surface area contributed by atoms with Crippen LogP contribution in [0, 0.1) is 5.82 Å². The van der Waals surface area contributed by atoms with Crippen LogP contribution in [0.15, 0.2) is 66.7 Å². The third kappa shape index (κ3) is 5.05. The van der Waals surface area contributed by atoms with Crippen LogP contribution in [0.1, 0.15) is 41.7 Å². The zero-order valence-electron chi connectivity index (χ0n) is 19.9. The van der Waals surface area contributed by atoms with Gasteiger partial charge in [0.2, 0.25) is 0 Å². The minimum Gasteiger partial charge on any atom is -0.490 e. The van der Waals surface area contributed by atoms with Crippen LogP contribution in [0.25, 0.3) is 22.2 Å². The van der Waals surface area contributed by atoms with E-state index in [1.165, 1.54) is 6.07 Å². The molecule has 1 aliphatic heterocycles. The van der Waals surface area contributed by atoms with Gasteiger partial charge in [0.05, 0.1) is 17.3 Å². The fourth-order valence-corrected chi connectivity index (χ4v) is 4.55. The number of piperidine rings is 1. The van der Waals surface area contributed by atoms with Crippen LogP contribution in [-0.2, 0) is 0 Å². The van der Waals surface area contributed by atoms with Crippen LogP contribution in [-0.4, -0.2) is 47.2 Å². The summed E-state index contributed by atoms with van der Waals surface area (Å²) in [7, 11) is 2.14. The van der Waals surface area contributed by atoms with E-state index in [0.717, 1.165) is 53.8 Å². The first kappa shape index (κ1) is 23.1. The highest BCUT2D eigenvalue weighted by Crippen LogP contribution is 2.29. The monoisotopic (exact) mass is 472 g/mol. The summed E-state index contributed by atoms with van der Waals surface area (Å²) in [4.78, 5) is 15.2. The topological polar surface area (TPSA) is 70.2 Å². The van der Waals surface area contributed by atoms with E-state index in [0.29, 0.717) is 11.1 Å². The fraction of sp³-hybridized carbons (Fsp3) is 0.286. The number of nitrogens with zero attached hydrogens (tertiary/aromatic N) is 2. The Kier molecular flexibility index (Phi) is 6.51. The third-order valence-electron chi connectivity index (χ3n) is 6.64. The molecule has 2 heterocycles. The highest BCUT2D eigenvalue weighted by molar-refractivity contribution is 6.01. The highest BCUT2D eigenvalue weighted by atomic mass is 19.1. The van der Waals surface area contributed by atoms with Gasteiger partial charge in [0, 0.05) is 35.2 Å². The Bertz CT molecular complexity index is 1330. The number of likely N-dealkylation sites (tertiary alicyclic amines) is 1. The van der Waals surface area contributed by atoms with Gasteiger partial charge in [-0.25, -0.2) is 4.39 Å². The van der Waals surface area contributed by atoms with E-state index in [4.69, 9.17) is 4.74 Å². The largest absolute Gasteiger partial charge is 0.490 e. The van der Waals surface area contributed by atoms with Crippen molar-refractivity contribution in [2.24, 2.45) is 0 Å². The molecule has 0 radical (unpaired) electrons. The Morgan fingerprint density at radius 2 is 1.86 bits per heavy atom. The summed E-state index contributed by atoms with van der Waals surface area (Å²) in [5, 5.41) is 11.3. The molecule has 2 N–H and O–H groups in total. The molecule has 180 valence electrons. The normalized spacial score (nSPS) is 15.7. The number of hydrogen-bond acceptors (Lipinski definition) is 4. The minimum atomic E-state index is -0.458. The molecule has 1 unspecified atom stereocenters. The number of benzene rings is 3. The van der Waals surface area contributed by atoms with Crippen molar-refractivity contribution in [1.82, 2.24) is 20.4 Å². The third-order valence-corrected chi connectivity index (χ3v) is 6.64. The molecule has 3 aromatic carbocycles. The molecule has 4 aromatic rings. The first-order valence-electron chi connectivity index (χ1n) is 12.0. The van der Waals surface area contributed by atoms with E-state index < -0.39 is 6.04 Å². The quantitative estimate of drug-likeness (QED) is 0.398. The number of rotatable bonds is 6. The molecule has 1 aliphatic rings. The summed E-state index contributed by atoms with van der Waals surface area (Å²) in [6.07, 6.45) is 2.31. The average Bonchev–Trinajstić information content (AvgIpc) is 3.29. The Morgan fingerprint density at radius 3 is 2.60 bits per heavy atom. The summed E-state index contributed by atoms with van der Waals surface area (Å²) in [5.41, 5.74) is 3.48. The Hall–Kier alpha value is -3.71. The van der Waals surface area contributed by atoms with Gasteiger partial charge in [-0.2, -0.15) is 5.10 Å². The zero-order valence-corrected chi connectivity index (χ0v) is 19.9. The number of H-pyrrole nitrogens is 1. The van der Waals surface area contributed by atoms with Gasteiger partial charge in [-0.05, 0) is 75.3 Å². The average molecular weight is 473 g/mol. The minimum absolute atomic E-state index is 0.246. The molecule has 7 heteroatoms. The summed E-state index contributed by atoms with van der Waals surface area (Å²) in [5.74, 6) is 0.248. The molecule has 0 saturated carbocycles. The lowest BCUT2D eigenvalue weighted by Gasteiger charge is -2.29. The second-order valence-corrected chi connectivity index (χ2v) is 9.19. The summed E-state index contributed by atoms with van der Waals surface area (Å²) in [6.45, 7) is 3.88. The summed E-state index contributed by atoms with van der Waals surface area (Å²) in [6, 6.07) is 19.3. The number of ether oxygens (including phenoxy) is 1. The van der Waals surface area contributed by atoms with Gasteiger partial charge in [0.1, 0.15) is 17.7 Å². The Morgan fingerprint density at radius 1 is 1.11 bits per heavy atom. The fourth-order valence-electron chi connectivity index (χ4n) is 4.55. The first-order chi connectivity index (χ1) is 17.0. The van der Waals surface area contributed by atoms with Gasteiger partial charge in [-0.1, -0.05) is 18.2 Å². The molecule has 5 rings (SSSR count). The van der Waals surface area contributed by atoms with Crippen LogP contribution in [0.2, 0.25) is 0 Å². The van der Waals surface area contributed by atoms with E-state index in [1.54, 1.807) is 31.2 Å². The van der Waals surface area contributed by atoms with Crippen molar-refractivity contribution >= 4 is 16.8 Å². The molecule has 1 amide bonds. The number of amides is 1. The van der Waals surface area contributed by atoms with Gasteiger partial charge in [0.15, 0.2) is 0 Å². The number of fused-ring (bicyclic) bond motifs is 1. The maximum Gasteiger partial charge on any atom is 0.251 e. The molecular weight excluding hydrogens is 443 g/mol. The van der Waals surface area contributed by atoms with E-state index in [9.17, 15) is 9.18 Å². The van der Waals surface area contributed by atoms with Crippen LogP contribution < -0.4 is 10.1 Å². The van der Waals surface area contributed by atoms with Crippen LogP contribution in [0.4, 0.5) is 4.39 Å². The van der Waals surface area contributed by atoms with Crippen molar-refractivity contribution in [2.75, 3.05) is 20.1 Å². The number of carbonyl (C=O) groups excluding carboxylic acids is 1. The molecule has 0 spiro atoms. The van der Waals surface area contributed by atoms with Crippen molar-refractivity contribution in [3.8, 4) is 17.0 Å². The molecule has 0 bridgehead atoms. The predicted octanol–water partition coefficient (Wildman–Crippen LogP) is 5.33. The standard InChI is InChI=1S/C28H29FN4O2/c1-18(23-5-3-4-6-25(23)29)30-28(34)20-9-12-26-24(17-20)27(32-31-26)19-7-10-21(11-8-19)35-22-13-15-33(2)16-14-22/h3-12,17-18,22H,13-16H2,1-2H3,(H,30,34)(H,31,32). The SMILES string of the molecule is CC(NC(=O)c1ccc2[nH]nc(-c3ccc(OC4CCN(C)CC4)cc3)c2c1)c1ccccc1F. The number of aromatic amines is 1. The van der Waals surface area contributed by atoms with Crippen molar-refractivity contribution < 1.29 is 13.9 Å². The van der Waals surface area contributed by atoms with Crippen molar-refractivity contribution in [3.63, 3.8) is 0 Å². The first-order valence-corrected chi connectivity index (χ1v) is 12.0. The molecule has 35 heavy (non-hydrogen) atoms. The van der Waals surface area contributed by atoms with Crippen LogP contribution in [0.3, 0.4) is 0 Å². The van der Waals surface area contributed by atoms with Crippen molar-refractivity contribution in [3.05, 3.63) is 83.7 Å². The Balaban J connectivity index is 1.32. The van der Waals surface area contributed by atoms with Gasteiger partial charge in [0.25, 0.3) is 5.91 Å². The molecular formula is C28H29FN4O2. The van der Waals surface area contributed by atoms with E-state index in [1.807, 2.05) is 36.4 Å².